The molecule has 0 unspecified atom stereocenters. The lowest BCUT2D eigenvalue weighted by atomic mass is 10.2. The molecule has 3 N–H and O–H groups in total. The van der Waals surface area contributed by atoms with Crippen LogP contribution in [0.4, 0.5) is 17.1 Å². The molecule has 1 heterocycles. The molecule has 8 heteroatoms. The summed E-state index contributed by atoms with van der Waals surface area (Å²) in [5.41, 5.74) is 2.61. The SMILES string of the molecule is CC(=O)N(C)c1ccc(NCC(=O)Nc2ccc(C(=O)NCc3ccco3)cc2)cc1. The van der Waals surface area contributed by atoms with Crippen LogP contribution in [0.5, 0.6) is 0 Å². The van der Waals surface area contributed by atoms with E-state index in [1.807, 2.05) is 0 Å². The Kier molecular flexibility index (Phi) is 7.05. The van der Waals surface area contributed by atoms with Crippen molar-refractivity contribution < 1.29 is 18.8 Å². The number of benzene rings is 2. The molecule has 3 amide bonds. The lowest BCUT2D eigenvalue weighted by molar-refractivity contribution is -0.116. The molecule has 0 fully saturated rings. The van der Waals surface area contributed by atoms with Crippen LogP contribution < -0.4 is 20.9 Å². The number of amides is 3. The smallest absolute Gasteiger partial charge is 0.251 e. The van der Waals surface area contributed by atoms with Crippen LogP contribution in [0.1, 0.15) is 23.0 Å². The van der Waals surface area contributed by atoms with Crippen molar-refractivity contribution in [2.24, 2.45) is 0 Å². The van der Waals surface area contributed by atoms with Gasteiger partial charge in [-0.15, -0.1) is 0 Å². The van der Waals surface area contributed by atoms with Crippen molar-refractivity contribution in [3.05, 3.63) is 78.3 Å². The first kappa shape index (κ1) is 21.6. The first-order valence-electron chi connectivity index (χ1n) is 9.71. The predicted octanol–water partition coefficient (Wildman–Crippen LogP) is 3.24. The molecule has 0 saturated heterocycles. The van der Waals surface area contributed by atoms with E-state index in [0.717, 1.165) is 11.4 Å². The van der Waals surface area contributed by atoms with Gasteiger partial charge in [-0.05, 0) is 60.7 Å². The molecule has 31 heavy (non-hydrogen) atoms. The number of nitrogens with one attached hydrogen (secondary N) is 3. The number of furan rings is 1. The van der Waals surface area contributed by atoms with Crippen molar-refractivity contribution in [3.63, 3.8) is 0 Å². The largest absolute Gasteiger partial charge is 0.467 e. The van der Waals surface area contributed by atoms with Gasteiger partial charge in [0.15, 0.2) is 0 Å². The summed E-state index contributed by atoms with van der Waals surface area (Å²) in [5.74, 6) is 0.168. The molecule has 0 aliphatic carbocycles. The number of hydrogen-bond acceptors (Lipinski definition) is 5. The normalized spacial score (nSPS) is 10.3. The van der Waals surface area contributed by atoms with E-state index in [9.17, 15) is 14.4 Å². The zero-order chi connectivity index (χ0) is 22.2. The highest BCUT2D eigenvalue weighted by Crippen LogP contribution is 2.17. The third-order valence-electron chi connectivity index (χ3n) is 4.61. The van der Waals surface area contributed by atoms with Gasteiger partial charge < -0.3 is 25.3 Å². The summed E-state index contributed by atoms with van der Waals surface area (Å²) in [4.78, 5) is 37.3. The maximum Gasteiger partial charge on any atom is 0.251 e. The Morgan fingerprint density at radius 2 is 1.61 bits per heavy atom. The Balaban J connectivity index is 1.46. The summed E-state index contributed by atoms with van der Waals surface area (Å²) in [7, 11) is 1.70. The van der Waals surface area contributed by atoms with Gasteiger partial charge >= 0.3 is 0 Å². The van der Waals surface area contributed by atoms with Crippen LogP contribution in [0.15, 0.2) is 71.3 Å². The van der Waals surface area contributed by atoms with Crippen molar-refractivity contribution in [1.29, 1.82) is 0 Å². The monoisotopic (exact) mass is 420 g/mol. The minimum Gasteiger partial charge on any atom is -0.467 e. The van der Waals surface area contributed by atoms with Gasteiger partial charge in [-0.2, -0.15) is 0 Å². The van der Waals surface area contributed by atoms with E-state index in [2.05, 4.69) is 16.0 Å². The molecule has 0 atom stereocenters. The lowest BCUT2D eigenvalue weighted by Gasteiger charge is -2.15. The molecule has 0 aliphatic rings. The van der Waals surface area contributed by atoms with Crippen LogP contribution in [-0.2, 0) is 16.1 Å². The van der Waals surface area contributed by atoms with E-state index in [-0.39, 0.29) is 24.3 Å². The summed E-state index contributed by atoms with van der Waals surface area (Å²) in [5, 5.41) is 8.57. The molecule has 8 nitrogen and oxygen atoms in total. The van der Waals surface area contributed by atoms with Crippen molar-refractivity contribution in [2.45, 2.75) is 13.5 Å². The van der Waals surface area contributed by atoms with Crippen LogP contribution in [0.2, 0.25) is 0 Å². The molecule has 0 aliphatic heterocycles. The molecule has 0 radical (unpaired) electrons. The number of carbonyl (C=O) groups is 3. The second-order valence-electron chi connectivity index (χ2n) is 6.87. The highest BCUT2D eigenvalue weighted by molar-refractivity contribution is 5.96. The predicted molar refractivity (Wildman–Crippen MR) is 119 cm³/mol. The fourth-order valence-corrected chi connectivity index (χ4v) is 2.76. The zero-order valence-corrected chi connectivity index (χ0v) is 17.3. The average molecular weight is 420 g/mol. The number of nitrogens with zero attached hydrogens (tertiary/aromatic N) is 1. The van der Waals surface area contributed by atoms with Crippen LogP contribution >= 0.6 is 0 Å². The summed E-state index contributed by atoms with van der Waals surface area (Å²) in [6, 6.07) is 17.4. The quantitative estimate of drug-likeness (QED) is 0.519. The van der Waals surface area contributed by atoms with E-state index < -0.39 is 0 Å². The number of rotatable bonds is 8. The van der Waals surface area contributed by atoms with E-state index in [1.54, 1.807) is 74.0 Å². The van der Waals surface area contributed by atoms with Gasteiger partial charge in [-0.25, -0.2) is 0 Å². The van der Waals surface area contributed by atoms with Gasteiger partial charge in [-0.3, -0.25) is 14.4 Å². The average Bonchev–Trinajstić information content (AvgIpc) is 3.30. The van der Waals surface area contributed by atoms with Crippen molar-refractivity contribution >= 4 is 34.8 Å². The molecule has 1 aromatic heterocycles. The third-order valence-corrected chi connectivity index (χ3v) is 4.61. The maximum atomic E-state index is 12.2. The van der Waals surface area contributed by atoms with Crippen LogP contribution in [0.25, 0.3) is 0 Å². The van der Waals surface area contributed by atoms with Crippen LogP contribution in [0.3, 0.4) is 0 Å². The molecule has 3 aromatic rings. The van der Waals surface area contributed by atoms with Crippen molar-refractivity contribution in [1.82, 2.24) is 5.32 Å². The van der Waals surface area contributed by atoms with Gasteiger partial charge in [0, 0.05) is 36.6 Å². The summed E-state index contributed by atoms with van der Waals surface area (Å²) >= 11 is 0. The Bertz CT molecular complexity index is 1030. The minimum atomic E-state index is -0.227. The molecule has 160 valence electrons. The molecule has 2 aromatic carbocycles. The topological polar surface area (TPSA) is 104 Å². The number of carbonyl (C=O) groups excluding carboxylic acids is 3. The highest BCUT2D eigenvalue weighted by Gasteiger charge is 2.08. The van der Waals surface area contributed by atoms with E-state index >= 15 is 0 Å². The van der Waals surface area contributed by atoms with E-state index in [0.29, 0.717) is 23.6 Å². The molecule has 0 spiro atoms. The van der Waals surface area contributed by atoms with Gasteiger partial charge in [0.2, 0.25) is 11.8 Å². The first-order valence-corrected chi connectivity index (χ1v) is 9.71. The summed E-state index contributed by atoms with van der Waals surface area (Å²) < 4.78 is 5.18. The Labute approximate surface area is 180 Å². The Hall–Kier alpha value is -4.07. The number of anilines is 3. The van der Waals surface area contributed by atoms with Crippen LogP contribution in [-0.4, -0.2) is 31.3 Å². The van der Waals surface area contributed by atoms with E-state index in [1.165, 1.54) is 11.8 Å². The van der Waals surface area contributed by atoms with Gasteiger partial charge in [0.05, 0.1) is 19.4 Å². The van der Waals surface area contributed by atoms with Crippen molar-refractivity contribution in [2.75, 3.05) is 29.1 Å². The second-order valence-corrected chi connectivity index (χ2v) is 6.87. The number of hydrogen-bond donors (Lipinski definition) is 3. The standard InChI is InChI=1S/C23H24N4O4/c1-16(28)27(2)20-11-9-18(10-12-20)24-15-22(29)26-19-7-5-17(6-8-19)23(30)25-14-21-4-3-13-31-21/h3-13,24H,14-15H2,1-2H3,(H,25,30)(H,26,29). The molecule has 0 bridgehead atoms. The second kappa shape index (κ2) is 10.1. The van der Waals surface area contributed by atoms with Crippen molar-refractivity contribution in [3.8, 4) is 0 Å². The highest BCUT2D eigenvalue weighted by atomic mass is 16.3. The molecular weight excluding hydrogens is 396 g/mol. The molecule has 3 rings (SSSR count). The molecule has 0 saturated carbocycles. The zero-order valence-electron chi connectivity index (χ0n) is 17.3. The van der Waals surface area contributed by atoms with Gasteiger partial charge in [0.1, 0.15) is 5.76 Å². The third kappa shape index (κ3) is 6.20. The Morgan fingerprint density at radius 3 is 2.23 bits per heavy atom. The fraction of sp³-hybridized carbons (Fsp3) is 0.174. The summed E-state index contributed by atoms with van der Waals surface area (Å²) in [6.45, 7) is 1.88. The molecular formula is C23H24N4O4. The van der Waals surface area contributed by atoms with E-state index in [4.69, 9.17) is 4.42 Å². The fourth-order valence-electron chi connectivity index (χ4n) is 2.76. The lowest BCUT2D eigenvalue weighted by Crippen LogP contribution is -2.23. The maximum absolute atomic E-state index is 12.2. The minimum absolute atomic E-state index is 0.0545. The Morgan fingerprint density at radius 1 is 0.935 bits per heavy atom. The van der Waals surface area contributed by atoms with Gasteiger partial charge in [0.25, 0.3) is 5.91 Å². The van der Waals surface area contributed by atoms with Gasteiger partial charge in [-0.1, -0.05) is 0 Å². The first-order chi connectivity index (χ1) is 14.9. The van der Waals surface area contributed by atoms with Crippen LogP contribution in [0, 0.1) is 0 Å². The summed E-state index contributed by atoms with van der Waals surface area (Å²) in [6.07, 6.45) is 1.55.